The maximum Gasteiger partial charge on any atom is 0.107 e. The predicted octanol–water partition coefficient (Wildman–Crippen LogP) is 4.63. The highest BCUT2D eigenvalue weighted by Crippen LogP contribution is 2.41. The van der Waals surface area contributed by atoms with Gasteiger partial charge in [-0.3, -0.25) is 0 Å². The molecule has 1 aromatic heterocycles. The maximum absolute atomic E-state index is 6.12. The summed E-state index contributed by atoms with van der Waals surface area (Å²) in [5, 5.41) is 3.52. The van der Waals surface area contributed by atoms with Crippen molar-refractivity contribution < 1.29 is 4.74 Å². The Labute approximate surface area is 126 Å². The Morgan fingerprint density at radius 2 is 2.39 bits per heavy atom. The van der Waals surface area contributed by atoms with Crippen molar-refractivity contribution in [3.05, 3.63) is 19.8 Å². The normalized spacial score (nSPS) is 24.7. The maximum atomic E-state index is 6.12. The summed E-state index contributed by atoms with van der Waals surface area (Å²) in [7, 11) is 0. The zero-order chi connectivity index (χ0) is 13.1. The van der Waals surface area contributed by atoms with Crippen LogP contribution in [0.25, 0.3) is 0 Å². The van der Waals surface area contributed by atoms with Crippen LogP contribution in [0, 0.1) is 5.92 Å². The second-order valence-electron chi connectivity index (χ2n) is 5.03. The number of nitrogens with one attached hydrogen (secondary N) is 1. The number of hydrogen-bond acceptors (Lipinski definition) is 3. The Kier molecular flexibility index (Phi) is 5.51. The molecule has 2 nitrogen and oxygen atoms in total. The van der Waals surface area contributed by atoms with Crippen molar-refractivity contribution in [2.45, 2.75) is 38.8 Å². The predicted molar refractivity (Wildman–Crippen MR) is 81.6 cm³/mol. The van der Waals surface area contributed by atoms with Gasteiger partial charge in [0.25, 0.3) is 0 Å². The van der Waals surface area contributed by atoms with Gasteiger partial charge in [0.15, 0.2) is 0 Å². The fourth-order valence-electron chi connectivity index (χ4n) is 2.26. The number of hydrogen-bond donors (Lipinski definition) is 1. The van der Waals surface area contributed by atoms with E-state index in [-0.39, 0.29) is 6.10 Å². The molecule has 2 heterocycles. The van der Waals surface area contributed by atoms with Crippen molar-refractivity contribution in [1.29, 1.82) is 0 Å². The molecule has 0 spiro atoms. The highest BCUT2D eigenvalue weighted by molar-refractivity contribution is 9.10. The van der Waals surface area contributed by atoms with Crippen LogP contribution in [0.3, 0.4) is 0 Å². The quantitative estimate of drug-likeness (QED) is 0.853. The Hall–Kier alpha value is 0.390. The molecule has 0 radical (unpaired) electrons. The molecule has 0 aromatic carbocycles. The molecule has 1 aromatic rings. The molecule has 2 atom stereocenters. The van der Waals surface area contributed by atoms with Gasteiger partial charge in [0, 0.05) is 34.5 Å². The first-order valence-electron chi connectivity index (χ1n) is 6.37. The summed E-state index contributed by atoms with van der Waals surface area (Å²) in [6.07, 6.45) is 2.57. The standard InChI is InChI=1S/C13H19BrClNOS/c1-8(2)16-7-9-4-3-5-17-12(9)11-6-10(14)13(15)18-11/h6,8-9,12,16H,3-5,7H2,1-2H3. The van der Waals surface area contributed by atoms with E-state index in [2.05, 4.69) is 41.2 Å². The third-order valence-corrected chi connectivity index (χ3v) is 5.71. The van der Waals surface area contributed by atoms with Crippen LogP contribution < -0.4 is 5.32 Å². The van der Waals surface area contributed by atoms with Crippen LogP contribution in [0.5, 0.6) is 0 Å². The van der Waals surface area contributed by atoms with Gasteiger partial charge in [-0.1, -0.05) is 25.4 Å². The van der Waals surface area contributed by atoms with Crippen molar-refractivity contribution in [1.82, 2.24) is 5.32 Å². The minimum atomic E-state index is 0.193. The molecule has 1 N–H and O–H groups in total. The van der Waals surface area contributed by atoms with Crippen molar-refractivity contribution >= 4 is 38.9 Å². The van der Waals surface area contributed by atoms with Crippen LogP contribution in [-0.2, 0) is 4.74 Å². The highest BCUT2D eigenvalue weighted by atomic mass is 79.9. The van der Waals surface area contributed by atoms with E-state index < -0.39 is 0 Å². The van der Waals surface area contributed by atoms with Gasteiger partial charge in [-0.05, 0) is 34.8 Å². The van der Waals surface area contributed by atoms with Gasteiger partial charge in [0.05, 0.1) is 6.10 Å². The van der Waals surface area contributed by atoms with E-state index in [0.29, 0.717) is 12.0 Å². The fraction of sp³-hybridized carbons (Fsp3) is 0.692. The lowest BCUT2D eigenvalue weighted by Crippen LogP contribution is -2.34. The fourth-order valence-corrected chi connectivity index (χ4v) is 4.14. The molecule has 0 amide bonds. The van der Waals surface area contributed by atoms with Crippen LogP contribution in [0.2, 0.25) is 4.34 Å². The third kappa shape index (κ3) is 3.70. The SMILES string of the molecule is CC(C)NCC1CCCOC1c1cc(Br)c(Cl)s1. The van der Waals surface area contributed by atoms with E-state index in [1.54, 1.807) is 11.3 Å². The molecule has 0 saturated carbocycles. The van der Waals surface area contributed by atoms with E-state index in [0.717, 1.165) is 28.4 Å². The van der Waals surface area contributed by atoms with E-state index >= 15 is 0 Å². The molecular weight excluding hydrogens is 334 g/mol. The first kappa shape index (κ1) is 14.8. The molecule has 0 bridgehead atoms. The first-order chi connectivity index (χ1) is 8.58. The summed E-state index contributed by atoms with van der Waals surface area (Å²) < 4.78 is 7.76. The second kappa shape index (κ2) is 6.71. The lowest BCUT2D eigenvalue weighted by molar-refractivity contribution is -0.0261. The van der Waals surface area contributed by atoms with Gasteiger partial charge >= 0.3 is 0 Å². The van der Waals surface area contributed by atoms with Gasteiger partial charge in [0.1, 0.15) is 4.34 Å². The minimum Gasteiger partial charge on any atom is -0.372 e. The third-order valence-electron chi connectivity index (χ3n) is 3.18. The highest BCUT2D eigenvalue weighted by Gasteiger charge is 2.29. The van der Waals surface area contributed by atoms with Gasteiger partial charge in [-0.25, -0.2) is 0 Å². The van der Waals surface area contributed by atoms with Gasteiger partial charge in [-0.2, -0.15) is 0 Å². The average molecular weight is 353 g/mol. The summed E-state index contributed by atoms with van der Waals surface area (Å²) in [4.78, 5) is 1.24. The second-order valence-corrected chi connectivity index (χ2v) is 7.57. The summed E-state index contributed by atoms with van der Waals surface area (Å²) >= 11 is 11.2. The molecule has 0 aliphatic carbocycles. The average Bonchev–Trinajstić information content (AvgIpc) is 2.67. The number of rotatable bonds is 4. The van der Waals surface area contributed by atoms with Gasteiger partial charge < -0.3 is 10.1 Å². The van der Waals surface area contributed by atoms with Crippen LogP contribution >= 0.6 is 38.9 Å². The van der Waals surface area contributed by atoms with Crippen LogP contribution in [-0.4, -0.2) is 19.2 Å². The van der Waals surface area contributed by atoms with E-state index in [9.17, 15) is 0 Å². The van der Waals surface area contributed by atoms with Gasteiger partial charge in [0.2, 0.25) is 0 Å². The molecule has 5 heteroatoms. The van der Waals surface area contributed by atoms with Crippen molar-refractivity contribution in [2.75, 3.05) is 13.2 Å². The van der Waals surface area contributed by atoms with Crippen molar-refractivity contribution in [3.8, 4) is 0 Å². The number of ether oxygens (including phenoxy) is 1. The van der Waals surface area contributed by atoms with E-state index in [1.807, 2.05) is 0 Å². The molecular formula is C13H19BrClNOS. The van der Waals surface area contributed by atoms with Crippen molar-refractivity contribution in [3.63, 3.8) is 0 Å². The Morgan fingerprint density at radius 3 is 3.00 bits per heavy atom. The Balaban J connectivity index is 2.07. The molecule has 1 saturated heterocycles. The van der Waals surface area contributed by atoms with Crippen molar-refractivity contribution in [2.24, 2.45) is 5.92 Å². The lowest BCUT2D eigenvalue weighted by atomic mass is 9.93. The summed E-state index contributed by atoms with van der Waals surface area (Å²) in [5.74, 6) is 0.544. The largest absolute Gasteiger partial charge is 0.372 e. The lowest BCUT2D eigenvalue weighted by Gasteiger charge is -2.31. The zero-order valence-electron chi connectivity index (χ0n) is 10.7. The monoisotopic (exact) mass is 351 g/mol. The Bertz CT molecular complexity index is 377. The molecule has 1 fully saturated rings. The van der Waals surface area contributed by atoms with Crippen LogP contribution in [0.4, 0.5) is 0 Å². The van der Waals surface area contributed by atoms with Crippen LogP contribution in [0.15, 0.2) is 10.5 Å². The first-order valence-corrected chi connectivity index (χ1v) is 8.36. The molecule has 2 rings (SSSR count). The molecule has 1 aliphatic rings. The zero-order valence-corrected chi connectivity index (χ0v) is 13.9. The molecule has 102 valence electrons. The summed E-state index contributed by atoms with van der Waals surface area (Å²) in [5.41, 5.74) is 0. The molecule has 18 heavy (non-hydrogen) atoms. The van der Waals surface area contributed by atoms with E-state index in [1.165, 1.54) is 11.3 Å². The van der Waals surface area contributed by atoms with E-state index in [4.69, 9.17) is 16.3 Å². The Morgan fingerprint density at radius 1 is 1.61 bits per heavy atom. The number of halogens is 2. The smallest absolute Gasteiger partial charge is 0.107 e. The minimum absolute atomic E-state index is 0.193. The molecule has 2 unspecified atom stereocenters. The topological polar surface area (TPSA) is 21.3 Å². The summed E-state index contributed by atoms with van der Waals surface area (Å²) in [6, 6.07) is 2.62. The molecule has 1 aliphatic heterocycles. The van der Waals surface area contributed by atoms with Crippen LogP contribution in [0.1, 0.15) is 37.7 Å². The van der Waals surface area contributed by atoms with Gasteiger partial charge in [-0.15, -0.1) is 11.3 Å². The summed E-state index contributed by atoms with van der Waals surface area (Å²) in [6.45, 7) is 6.22. The number of thiophene rings is 1.